The molecule has 0 spiro atoms. The van der Waals surface area contributed by atoms with E-state index in [0.717, 1.165) is 0 Å². The molecule has 0 radical (unpaired) electrons. The number of nitrogens with two attached hydrogens (primary N) is 1. The number of carbonyl (C=O) groups is 1. The number of likely N-dealkylation sites (N-methyl/N-ethyl adjacent to an activating group) is 1. The zero-order valence-corrected chi connectivity index (χ0v) is 11.8. The molecule has 0 saturated carbocycles. The summed E-state index contributed by atoms with van der Waals surface area (Å²) in [5.41, 5.74) is 5.80. The number of nitrogens with zero attached hydrogens (tertiary/aromatic N) is 2. The van der Waals surface area contributed by atoms with Gasteiger partial charge >= 0.3 is 0 Å². The fourth-order valence-corrected chi connectivity index (χ4v) is 2.09. The van der Waals surface area contributed by atoms with Gasteiger partial charge in [-0.15, -0.1) is 0 Å². The predicted octanol–water partition coefficient (Wildman–Crippen LogP) is -0.488. The lowest BCUT2D eigenvalue weighted by molar-refractivity contribution is -0.127. The maximum atomic E-state index is 12.0. The average molecular weight is 269 g/mol. The normalized spacial score (nSPS) is 20.5. The standard InChI is InChI=1S/C13H23N3O3/c1-9(2)15-5-10-4-13(7-17,8-18)6-16(3)12(19)11(10)14/h5,9,17-18H,4,6-8,14H2,1-3H3. The topological polar surface area (TPSA) is 99.2 Å². The van der Waals surface area contributed by atoms with E-state index in [1.165, 1.54) is 4.90 Å². The quantitative estimate of drug-likeness (QED) is 0.600. The summed E-state index contributed by atoms with van der Waals surface area (Å²) >= 11 is 0. The SMILES string of the molecule is CC(C)N=CC1=C(N)C(=O)N(C)CC(CO)(CO)C1. The third kappa shape index (κ3) is 3.54. The van der Waals surface area contributed by atoms with Crippen LogP contribution in [0.3, 0.4) is 0 Å². The van der Waals surface area contributed by atoms with Gasteiger partial charge in [0.1, 0.15) is 5.70 Å². The molecule has 4 N–H and O–H groups in total. The van der Waals surface area contributed by atoms with Crippen molar-refractivity contribution in [2.45, 2.75) is 26.3 Å². The van der Waals surface area contributed by atoms with Crippen LogP contribution in [0.2, 0.25) is 0 Å². The van der Waals surface area contributed by atoms with Crippen LogP contribution < -0.4 is 5.73 Å². The van der Waals surface area contributed by atoms with Crippen molar-refractivity contribution in [1.29, 1.82) is 0 Å². The molecule has 6 heteroatoms. The Morgan fingerprint density at radius 1 is 1.47 bits per heavy atom. The molecule has 0 aromatic carbocycles. The summed E-state index contributed by atoms with van der Waals surface area (Å²) in [4.78, 5) is 17.7. The molecule has 1 heterocycles. The van der Waals surface area contributed by atoms with Crippen molar-refractivity contribution in [2.24, 2.45) is 16.1 Å². The number of hydrogen-bond acceptors (Lipinski definition) is 5. The number of aliphatic hydroxyl groups excluding tert-OH is 2. The maximum absolute atomic E-state index is 12.0. The van der Waals surface area contributed by atoms with E-state index in [1.807, 2.05) is 13.8 Å². The molecule has 108 valence electrons. The minimum Gasteiger partial charge on any atom is -0.396 e. The molecule has 1 aliphatic heterocycles. The number of amides is 1. The summed E-state index contributed by atoms with van der Waals surface area (Å²) in [7, 11) is 1.61. The zero-order valence-electron chi connectivity index (χ0n) is 11.8. The molecule has 0 aromatic heterocycles. The average Bonchev–Trinajstić information content (AvgIpc) is 2.47. The van der Waals surface area contributed by atoms with Gasteiger partial charge in [0, 0.05) is 31.3 Å². The highest BCUT2D eigenvalue weighted by Gasteiger charge is 2.37. The minimum atomic E-state index is -0.774. The van der Waals surface area contributed by atoms with Crippen molar-refractivity contribution >= 4 is 12.1 Å². The Bertz CT molecular complexity index is 398. The summed E-state index contributed by atoms with van der Waals surface area (Å²) in [6.07, 6.45) is 1.91. The van der Waals surface area contributed by atoms with Crippen LogP contribution in [-0.4, -0.2) is 60.1 Å². The molecule has 0 unspecified atom stereocenters. The van der Waals surface area contributed by atoms with Crippen molar-refractivity contribution in [2.75, 3.05) is 26.8 Å². The van der Waals surface area contributed by atoms with E-state index in [1.54, 1.807) is 13.3 Å². The highest BCUT2D eigenvalue weighted by Crippen LogP contribution is 2.30. The Morgan fingerprint density at radius 3 is 2.53 bits per heavy atom. The summed E-state index contributed by atoms with van der Waals surface area (Å²) in [6.45, 7) is 3.67. The van der Waals surface area contributed by atoms with Crippen LogP contribution in [0.1, 0.15) is 20.3 Å². The minimum absolute atomic E-state index is 0.0917. The second-order valence-corrected chi connectivity index (χ2v) is 5.47. The van der Waals surface area contributed by atoms with Crippen molar-refractivity contribution in [3.63, 3.8) is 0 Å². The Balaban J connectivity index is 3.18. The molecular weight excluding hydrogens is 246 g/mol. The zero-order chi connectivity index (χ0) is 14.6. The van der Waals surface area contributed by atoms with Crippen LogP contribution in [0, 0.1) is 5.41 Å². The Hall–Kier alpha value is -1.40. The number of aliphatic hydroxyl groups is 2. The lowest BCUT2D eigenvalue weighted by Gasteiger charge is -2.31. The van der Waals surface area contributed by atoms with E-state index in [2.05, 4.69) is 4.99 Å². The fraction of sp³-hybridized carbons (Fsp3) is 0.692. The first-order valence-electron chi connectivity index (χ1n) is 6.34. The third-order valence-electron chi connectivity index (χ3n) is 3.26. The lowest BCUT2D eigenvalue weighted by Crippen LogP contribution is -2.42. The second kappa shape index (κ2) is 6.16. The van der Waals surface area contributed by atoms with Gasteiger partial charge in [0.05, 0.1) is 13.2 Å². The molecule has 0 aromatic rings. The Kier molecular flexibility index (Phi) is 5.08. The fourth-order valence-electron chi connectivity index (χ4n) is 2.09. The van der Waals surface area contributed by atoms with E-state index in [9.17, 15) is 15.0 Å². The van der Waals surface area contributed by atoms with Crippen LogP contribution in [0.25, 0.3) is 0 Å². The van der Waals surface area contributed by atoms with Gasteiger partial charge in [-0.05, 0) is 25.8 Å². The van der Waals surface area contributed by atoms with Gasteiger partial charge in [0.25, 0.3) is 5.91 Å². The van der Waals surface area contributed by atoms with Gasteiger partial charge < -0.3 is 20.8 Å². The molecule has 1 aliphatic rings. The molecule has 1 rings (SSSR count). The number of aliphatic imine (C=N–C) groups is 1. The molecule has 0 saturated heterocycles. The van der Waals surface area contributed by atoms with Crippen LogP contribution in [0.5, 0.6) is 0 Å². The molecular formula is C13H23N3O3. The van der Waals surface area contributed by atoms with Crippen molar-refractivity contribution in [3.05, 3.63) is 11.3 Å². The smallest absolute Gasteiger partial charge is 0.269 e. The number of carbonyl (C=O) groups excluding carboxylic acids is 1. The highest BCUT2D eigenvalue weighted by molar-refractivity contribution is 5.99. The van der Waals surface area contributed by atoms with Crippen LogP contribution in [0.4, 0.5) is 0 Å². The maximum Gasteiger partial charge on any atom is 0.269 e. The monoisotopic (exact) mass is 269 g/mol. The van der Waals surface area contributed by atoms with E-state index < -0.39 is 5.41 Å². The number of rotatable bonds is 4. The van der Waals surface area contributed by atoms with E-state index in [0.29, 0.717) is 12.0 Å². The van der Waals surface area contributed by atoms with Gasteiger partial charge in [-0.2, -0.15) is 0 Å². The summed E-state index contributed by atoms with van der Waals surface area (Å²) in [6, 6.07) is 0.0917. The van der Waals surface area contributed by atoms with Gasteiger partial charge in [-0.1, -0.05) is 0 Å². The highest BCUT2D eigenvalue weighted by atomic mass is 16.3. The van der Waals surface area contributed by atoms with Crippen molar-refractivity contribution in [1.82, 2.24) is 4.90 Å². The largest absolute Gasteiger partial charge is 0.396 e. The van der Waals surface area contributed by atoms with Crippen molar-refractivity contribution in [3.8, 4) is 0 Å². The number of hydrogen-bond donors (Lipinski definition) is 3. The molecule has 6 nitrogen and oxygen atoms in total. The van der Waals surface area contributed by atoms with Gasteiger partial charge in [-0.3, -0.25) is 9.79 Å². The van der Waals surface area contributed by atoms with E-state index in [-0.39, 0.29) is 37.4 Å². The van der Waals surface area contributed by atoms with E-state index in [4.69, 9.17) is 5.73 Å². The Labute approximate surface area is 113 Å². The van der Waals surface area contributed by atoms with Crippen LogP contribution >= 0.6 is 0 Å². The second-order valence-electron chi connectivity index (χ2n) is 5.47. The molecule has 19 heavy (non-hydrogen) atoms. The van der Waals surface area contributed by atoms with Gasteiger partial charge in [0.15, 0.2) is 0 Å². The summed E-state index contributed by atoms with van der Waals surface area (Å²) in [5.74, 6) is -0.297. The molecule has 1 amide bonds. The van der Waals surface area contributed by atoms with Gasteiger partial charge in [-0.25, -0.2) is 0 Å². The first-order chi connectivity index (χ1) is 8.85. The summed E-state index contributed by atoms with van der Waals surface area (Å²) < 4.78 is 0. The molecule has 0 fully saturated rings. The lowest BCUT2D eigenvalue weighted by atomic mass is 9.83. The summed E-state index contributed by atoms with van der Waals surface area (Å²) in [5, 5.41) is 19.1. The van der Waals surface area contributed by atoms with E-state index >= 15 is 0 Å². The van der Waals surface area contributed by atoms with Crippen LogP contribution in [-0.2, 0) is 4.79 Å². The first-order valence-corrected chi connectivity index (χ1v) is 6.34. The molecule has 0 bridgehead atoms. The van der Waals surface area contributed by atoms with Crippen molar-refractivity contribution < 1.29 is 15.0 Å². The molecule has 0 atom stereocenters. The molecule has 0 aliphatic carbocycles. The first kappa shape index (κ1) is 15.7. The Morgan fingerprint density at radius 2 is 2.05 bits per heavy atom. The predicted molar refractivity (Wildman–Crippen MR) is 73.7 cm³/mol. The van der Waals surface area contributed by atoms with Crippen LogP contribution in [0.15, 0.2) is 16.3 Å². The third-order valence-corrected chi connectivity index (χ3v) is 3.26. The number of allylic oxidation sites excluding steroid dienone is 1. The van der Waals surface area contributed by atoms with Gasteiger partial charge in [0.2, 0.25) is 0 Å².